The number of aliphatic hydroxyl groups is 1. The number of hydrogen-bond donors (Lipinski definition) is 2. The van der Waals surface area contributed by atoms with Crippen LogP contribution in [-0.2, 0) is 13.2 Å². The zero-order chi connectivity index (χ0) is 13.7. The van der Waals surface area contributed by atoms with E-state index in [1.165, 1.54) is 0 Å². The molecule has 2 aromatic rings. The molecular formula is C16H17NO2. The molecule has 2 N–H and O–H groups in total. The highest BCUT2D eigenvalue weighted by Gasteiger charge is 2.06. The van der Waals surface area contributed by atoms with Crippen LogP contribution >= 0.6 is 0 Å². The summed E-state index contributed by atoms with van der Waals surface area (Å²) in [6.45, 7) is 2.36. The second-order valence-electron chi connectivity index (χ2n) is 4.48. The molecule has 0 unspecified atom stereocenters. The largest absolute Gasteiger partial charge is 0.392 e. The van der Waals surface area contributed by atoms with Crippen molar-refractivity contribution in [3.8, 4) is 0 Å². The van der Waals surface area contributed by atoms with Crippen molar-refractivity contribution in [3.63, 3.8) is 0 Å². The minimum Gasteiger partial charge on any atom is -0.392 e. The number of nitrogens with one attached hydrogen (secondary N) is 1. The molecular weight excluding hydrogens is 238 g/mol. The molecule has 0 atom stereocenters. The zero-order valence-corrected chi connectivity index (χ0v) is 10.9. The van der Waals surface area contributed by atoms with Crippen LogP contribution < -0.4 is 5.32 Å². The van der Waals surface area contributed by atoms with Gasteiger partial charge in [0, 0.05) is 12.1 Å². The number of aliphatic hydroxyl groups excluding tert-OH is 1. The van der Waals surface area contributed by atoms with Gasteiger partial charge in [-0.05, 0) is 30.2 Å². The van der Waals surface area contributed by atoms with Crippen molar-refractivity contribution in [2.24, 2.45) is 0 Å². The van der Waals surface area contributed by atoms with E-state index in [-0.39, 0.29) is 12.5 Å². The Morgan fingerprint density at radius 3 is 2.53 bits per heavy atom. The molecule has 0 saturated heterocycles. The van der Waals surface area contributed by atoms with E-state index in [0.717, 1.165) is 16.7 Å². The number of carbonyl (C=O) groups is 1. The van der Waals surface area contributed by atoms with Gasteiger partial charge in [-0.3, -0.25) is 4.79 Å². The molecule has 0 spiro atoms. The molecule has 2 aromatic carbocycles. The fraction of sp³-hybridized carbons (Fsp3) is 0.188. The first-order chi connectivity index (χ1) is 9.20. The predicted octanol–water partition coefficient (Wildman–Crippen LogP) is 2.42. The topological polar surface area (TPSA) is 49.3 Å². The summed E-state index contributed by atoms with van der Waals surface area (Å²) >= 11 is 0. The average molecular weight is 255 g/mol. The fourth-order valence-corrected chi connectivity index (χ4v) is 1.95. The summed E-state index contributed by atoms with van der Waals surface area (Å²) < 4.78 is 0. The first-order valence-electron chi connectivity index (χ1n) is 6.23. The minimum atomic E-state index is -0.101. The number of carbonyl (C=O) groups excluding carboxylic acids is 1. The van der Waals surface area contributed by atoms with Crippen molar-refractivity contribution in [2.75, 3.05) is 0 Å². The van der Waals surface area contributed by atoms with Gasteiger partial charge in [0.2, 0.25) is 0 Å². The highest BCUT2D eigenvalue weighted by atomic mass is 16.3. The molecule has 0 aliphatic rings. The van der Waals surface area contributed by atoms with Crippen LogP contribution in [0.3, 0.4) is 0 Å². The summed E-state index contributed by atoms with van der Waals surface area (Å²) in [5.41, 5.74) is 3.49. The van der Waals surface area contributed by atoms with E-state index in [1.807, 2.05) is 49.4 Å². The van der Waals surface area contributed by atoms with Gasteiger partial charge in [0.25, 0.3) is 5.91 Å². The molecule has 0 aliphatic heterocycles. The molecule has 0 saturated carbocycles. The number of hydrogen-bond acceptors (Lipinski definition) is 2. The second-order valence-corrected chi connectivity index (χ2v) is 4.48. The summed E-state index contributed by atoms with van der Waals surface area (Å²) in [4.78, 5) is 12.0. The van der Waals surface area contributed by atoms with Crippen molar-refractivity contribution >= 4 is 5.91 Å². The third kappa shape index (κ3) is 3.42. The van der Waals surface area contributed by atoms with Gasteiger partial charge in [0.15, 0.2) is 0 Å². The van der Waals surface area contributed by atoms with E-state index < -0.39 is 0 Å². The molecule has 0 fully saturated rings. The maximum Gasteiger partial charge on any atom is 0.251 e. The molecule has 19 heavy (non-hydrogen) atoms. The first kappa shape index (κ1) is 13.3. The van der Waals surface area contributed by atoms with Crippen molar-refractivity contribution in [2.45, 2.75) is 20.1 Å². The van der Waals surface area contributed by atoms with Crippen molar-refractivity contribution in [1.29, 1.82) is 0 Å². The van der Waals surface area contributed by atoms with Crippen LogP contribution in [-0.4, -0.2) is 11.0 Å². The van der Waals surface area contributed by atoms with Crippen molar-refractivity contribution < 1.29 is 9.90 Å². The van der Waals surface area contributed by atoms with Crippen LogP contribution in [0.1, 0.15) is 27.0 Å². The maximum absolute atomic E-state index is 12.0. The van der Waals surface area contributed by atoms with E-state index >= 15 is 0 Å². The molecule has 98 valence electrons. The lowest BCUT2D eigenvalue weighted by Gasteiger charge is -2.09. The van der Waals surface area contributed by atoms with Crippen LogP contribution in [0.2, 0.25) is 0 Å². The van der Waals surface area contributed by atoms with Crippen molar-refractivity contribution in [3.05, 3.63) is 70.8 Å². The number of amides is 1. The summed E-state index contributed by atoms with van der Waals surface area (Å²) in [6.07, 6.45) is 0. The zero-order valence-electron chi connectivity index (χ0n) is 10.9. The Bertz CT molecular complexity index is 578. The van der Waals surface area contributed by atoms with Gasteiger partial charge < -0.3 is 10.4 Å². The Kier molecular flexibility index (Phi) is 4.31. The second kappa shape index (κ2) is 6.16. The standard InChI is InChI=1S/C16H17NO2/c1-12-5-4-8-13(9-12)16(19)17-10-14-6-2-3-7-15(14)11-18/h2-9,18H,10-11H2,1H3,(H,17,19). The summed E-state index contributed by atoms with van der Waals surface area (Å²) in [5.74, 6) is -0.101. The van der Waals surface area contributed by atoms with Crippen LogP contribution in [0.5, 0.6) is 0 Å². The summed E-state index contributed by atoms with van der Waals surface area (Å²) in [6, 6.07) is 15.0. The van der Waals surface area contributed by atoms with Gasteiger partial charge in [-0.2, -0.15) is 0 Å². The van der Waals surface area contributed by atoms with E-state index in [1.54, 1.807) is 6.07 Å². The first-order valence-corrected chi connectivity index (χ1v) is 6.23. The number of aryl methyl sites for hydroxylation is 1. The minimum absolute atomic E-state index is 0.0174. The van der Waals surface area contributed by atoms with Gasteiger partial charge in [-0.25, -0.2) is 0 Å². The molecule has 0 bridgehead atoms. The van der Waals surface area contributed by atoms with E-state index in [4.69, 9.17) is 0 Å². The Hall–Kier alpha value is -2.13. The van der Waals surface area contributed by atoms with Gasteiger partial charge in [0.1, 0.15) is 0 Å². The molecule has 1 amide bonds. The Labute approximate surface area is 112 Å². The van der Waals surface area contributed by atoms with E-state index in [2.05, 4.69) is 5.32 Å². The third-order valence-corrected chi connectivity index (χ3v) is 3.01. The Morgan fingerprint density at radius 1 is 1.11 bits per heavy atom. The summed E-state index contributed by atoms with van der Waals surface area (Å²) in [7, 11) is 0. The molecule has 2 rings (SSSR count). The van der Waals surface area contributed by atoms with E-state index in [9.17, 15) is 9.90 Å². The Morgan fingerprint density at radius 2 is 1.84 bits per heavy atom. The molecule has 0 heterocycles. The quantitative estimate of drug-likeness (QED) is 0.881. The fourth-order valence-electron chi connectivity index (χ4n) is 1.95. The molecule has 0 aliphatic carbocycles. The molecule has 3 heteroatoms. The molecule has 3 nitrogen and oxygen atoms in total. The van der Waals surface area contributed by atoms with E-state index in [0.29, 0.717) is 12.1 Å². The number of benzene rings is 2. The van der Waals surface area contributed by atoms with Gasteiger partial charge in [0.05, 0.1) is 6.61 Å². The smallest absolute Gasteiger partial charge is 0.251 e. The SMILES string of the molecule is Cc1cccc(C(=O)NCc2ccccc2CO)c1. The monoisotopic (exact) mass is 255 g/mol. The lowest BCUT2D eigenvalue weighted by molar-refractivity contribution is 0.0950. The third-order valence-electron chi connectivity index (χ3n) is 3.01. The van der Waals surface area contributed by atoms with Crippen molar-refractivity contribution in [1.82, 2.24) is 5.32 Å². The van der Waals surface area contributed by atoms with Crippen LogP contribution in [0.25, 0.3) is 0 Å². The van der Waals surface area contributed by atoms with Gasteiger partial charge in [-0.1, -0.05) is 42.0 Å². The highest BCUT2D eigenvalue weighted by Crippen LogP contribution is 2.09. The lowest BCUT2D eigenvalue weighted by atomic mass is 10.1. The number of rotatable bonds is 4. The van der Waals surface area contributed by atoms with Gasteiger partial charge >= 0.3 is 0 Å². The summed E-state index contributed by atoms with van der Waals surface area (Å²) in [5, 5.41) is 12.1. The lowest BCUT2D eigenvalue weighted by Crippen LogP contribution is -2.23. The van der Waals surface area contributed by atoms with Gasteiger partial charge in [-0.15, -0.1) is 0 Å². The molecule has 0 aromatic heterocycles. The van der Waals surface area contributed by atoms with Crippen LogP contribution in [0.15, 0.2) is 48.5 Å². The maximum atomic E-state index is 12.0. The predicted molar refractivity (Wildman–Crippen MR) is 74.7 cm³/mol. The normalized spacial score (nSPS) is 10.2. The molecule has 0 radical (unpaired) electrons. The highest BCUT2D eigenvalue weighted by molar-refractivity contribution is 5.94. The average Bonchev–Trinajstić information content (AvgIpc) is 2.45. The Balaban J connectivity index is 2.04. The van der Waals surface area contributed by atoms with Crippen LogP contribution in [0.4, 0.5) is 0 Å². The van der Waals surface area contributed by atoms with Crippen LogP contribution in [0, 0.1) is 6.92 Å².